The molecule has 1 heterocycles. The molecule has 0 saturated heterocycles. The number of benzene rings is 1. The molecule has 1 aromatic heterocycles. The number of halogens is 3. The predicted octanol–water partition coefficient (Wildman–Crippen LogP) is 3.54. The molecule has 4 nitrogen and oxygen atoms in total. The van der Waals surface area contributed by atoms with Crippen molar-refractivity contribution in [1.82, 2.24) is 9.97 Å². The summed E-state index contributed by atoms with van der Waals surface area (Å²) in [6.45, 7) is 3.06. The van der Waals surface area contributed by atoms with Gasteiger partial charge in [-0.15, -0.1) is 0 Å². The number of nitrogens with zero attached hydrogens (tertiary/aromatic N) is 2. The van der Waals surface area contributed by atoms with Gasteiger partial charge in [-0.3, -0.25) is 4.98 Å². The predicted molar refractivity (Wildman–Crippen MR) is 75.0 cm³/mol. The summed E-state index contributed by atoms with van der Waals surface area (Å²) in [5.74, 6) is 1.21. The summed E-state index contributed by atoms with van der Waals surface area (Å²) in [5, 5.41) is 6.05. The van der Waals surface area contributed by atoms with E-state index in [4.69, 9.17) is 0 Å². The average molecular weight is 296 g/mol. The fourth-order valence-electron chi connectivity index (χ4n) is 1.72. The van der Waals surface area contributed by atoms with Crippen LogP contribution in [0.15, 0.2) is 36.7 Å². The van der Waals surface area contributed by atoms with Crippen molar-refractivity contribution in [3.63, 3.8) is 0 Å². The summed E-state index contributed by atoms with van der Waals surface area (Å²) in [4.78, 5) is 8.30. The minimum absolute atomic E-state index is 0.377. The van der Waals surface area contributed by atoms with Crippen molar-refractivity contribution < 1.29 is 13.2 Å². The lowest BCUT2D eigenvalue weighted by Gasteiger charge is -2.09. The lowest BCUT2D eigenvalue weighted by molar-refractivity contribution is -0.137. The van der Waals surface area contributed by atoms with Crippen molar-refractivity contribution in [2.45, 2.75) is 19.6 Å². The van der Waals surface area contributed by atoms with E-state index in [0.717, 1.165) is 24.2 Å². The van der Waals surface area contributed by atoms with Gasteiger partial charge in [0.1, 0.15) is 11.6 Å². The molecule has 0 unspecified atom stereocenters. The molecule has 0 atom stereocenters. The fourth-order valence-corrected chi connectivity index (χ4v) is 1.72. The molecular formula is C14H15F3N4. The van der Waals surface area contributed by atoms with Crippen LogP contribution in [0.25, 0.3) is 0 Å². The van der Waals surface area contributed by atoms with Gasteiger partial charge in [-0.1, -0.05) is 12.1 Å². The second-order valence-electron chi connectivity index (χ2n) is 4.37. The molecule has 112 valence electrons. The van der Waals surface area contributed by atoms with E-state index in [1.165, 1.54) is 12.1 Å². The molecule has 0 spiro atoms. The zero-order valence-corrected chi connectivity index (χ0v) is 11.4. The summed E-state index contributed by atoms with van der Waals surface area (Å²) < 4.78 is 37.3. The summed E-state index contributed by atoms with van der Waals surface area (Å²) in [6, 6.07) is 5.02. The standard InChI is InChI=1S/C14H15F3N4/c1-2-19-12-8-18-9-13(21-12)20-7-10-3-5-11(6-4-10)14(15,16)17/h3-6,8-9H,2,7H2,1H3,(H2,19,20,21). The van der Waals surface area contributed by atoms with E-state index in [1.54, 1.807) is 12.4 Å². The highest BCUT2D eigenvalue weighted by Gasteiger charge is 2.29. The minimum Gasteiger partial charge on any atom is -0.369 e. The number of hydrogen-bond donors (Lipinski definition) is 2. The highest BCUT2D eigenvalue weighted by Crippen LogP contribution is 2.29. The number of rotatable bonds is 5. The van der Waals surface area contributed by atoms with Crippen LogP contribution in [0.2, 0.25) is 0 Å². The van der Waals surface area contributed by atoms with Crippen LogP contribution in [0.5, 0.6) is 0 Å². The molecule has 1 aromatic carbocycles. The number of hydrogen-bond acceptors (Lipinski definition) is 4. The highest BCUT2D eigenvalue weighted by atomic mass is 19.4. The van der Waals surface area contributed by atoms with Gasteiger partial charge in [0, 0.05) is 13.1 Å². The van der Waals surface area contributed by atoms with Crippen LogP contribution in [0.1, 0.15) is 18.1 Å². The van der Waals surface area contributed by atoms with E-state index in [1.807, 2.05) is 6.92 Å². The molecule has 0 fully saturated rings. The summed E-state index contributed by atoms with van der Waals surface area (Å²) in [5.41, 5.74) is 0.0823. The SMILES string of the molecule is CCNc1cncc(NCc2ccc(C(F)(F)F)cc2)n1. The van der Waals surface area contributed by atoms with Crippen LogP contribution >= 0.6 is 0 Å². The smallest absolute Gasteiger partial charge is 0.369 e. The molecule has 21 heavy (non-hydrogen) atoms. The molecule has 2 N–H and O–H groups in total. The first-order chi connectivity index (χ1) is 9.99. The number of anilines is 2. The molecule has 0 radical (unpaired) electrons. The van der Waals surface area contributed by atoms with E-state index in [2.05, 4.69) is 20.6 Å². The minimum atomic E-state index is -4.31. The van der Waals surface area contributed by atoms with Crippen LogP contribution < -0.4 is 10.6 Å². The van der Waals surface area contributed by atoms with Crippen LogP contribution in [0.4, 0.5) is 24.8 Å². The molecule has 2 aromatic rings. The Balaban J connectivity index is 1.98. The highest BCUT2D eigenvalue weighted by molar-refractivity contribution is 5.42. The second kappa shape index (κ2) is 6.43. The monoisotopic (exact) mass is 296 g/mol. The fraction of sp³-hybridized carbons (Fsp3) is 0.286. The van der Waals surface area contributed by atoms with E-state index in [9.17, 15) is 13.2 Å². The topological polar surface area (TPSA) is 49.8 Å². The first-order valence-corrected chi connectivity index (χ1v) is 6.45. The van der Waals surface area contributed by atoms with E-state index < -0.39 is 11.7 Å². The van der Waals surface area contributed by atoms with Crippen molar-refractivity contribution in [1.29, 1.82) is 0 Å². The van der Waals surface area contributed by atoms with Crippen molar-refractivity contribution in [3.05, 3.63) is 47.8 Å². The molecule has 0 bridgehead atoms. The Kier molecular flexibility index (Phi) is 4.62. The van der Waals surface area contributed by atoms with Gasteiger partial charge in [-0.25, -0.2) is 4.98 Å². The van der Waals surface area contributed by atoms with Crippen molar-refractivity contribution >= 4 is 11.6 Å². The molecule has 0 saturated carbocycles. The van der Waals surface area contributed by atoms with E-state index in [0.29, 0.717) is 18.2 Å². The zero-order valence-electron chi connectivity index (χ0n) is 11.4. The van der Waals surface area contributed by atoms with Gasteiger partial charge >= 0.3 is 6.18 Å². The first kappa shape index (κ1) is 15.1. The number of alkyl halides is 3. The van der Waals surface area contributed by atoms with Gasteiger partial charge in [-0.05, 0) is 24.6 Å². The molecule has 0 aliphatic carbocycles. The van der Waals surface area contributed by atoms with Crippen LogP contribution in [0, 0.1) is 0 Å². The third kappa shape index (κ3) is 4.34. The summed E-state index contributed by atoms with van der Waals surface area (Å²) >= 11 is 0. The second-order valence-corrected chi connectivity index (χ2v) is 4.37. The van der Waals surface area contributed by atoms with Crippen molar-refractivity contribution in [3.8, 4) is 0 Å². The van der Waals surface area contributed by atoms with Gasteiger partial charge in [-0.2, -0.15) is 13.2 Å². The van der Waals surface area contributed by atoms with Crippen LogP contribution in [0.3, 0.4) is 0 Å². The molecule has 2 rings (SSSR count). The maximum Gasteiger partial charge on any atom is 0.416 e. The maximum atomic E-state index is 12.4. The van der Waals surface area contributed by atoms with Crippen molar-refractivity contribution in [2.75, 3.05) is 17.2 Å². The van der Waals surface area contributed by atoms with Gasteiger partial charge < -0.3 is 10.6 Å². The Morgan fingerprint density at radius 3 is 2.19 bits per heavy atom. The Labute approximate surface area is 120 Å². The third-order valence-electron chi connectivity index (χ3n) is 2.75. The Morgan fingerprint density at radius 1 is 1.00 bits per heavy atom. The summed E-state index contributed by atoms with van der Waals surface area (Å²) in [7, 11) is 0. The van der Waals surface area contributed by atoms with Crippen LogP contribution in [-0.2, 0) is 12.7 Å². The van der Waals surface area contributed by atoms with Gasteiger partial charge in [0.25, 0.3) is 0 Å². The quantitative estimate of drug-likeness (QED) is 0.886. The summed E-state index contributed by atoms with van der Waals surface area (Å²) in [6.07, 6.45) is -1.14. The maximum absolute atomic E-state index is 12.4. The van der Waals surface area contributed by atoms with Crippen LogP contribution in [-0.4, -0.2) is 16.5 Å². The van der Waals surface area contributed by atoms with Gasteiger partial charge in [0.05, 0.1) is 18.0 Å². The molecule has 0 amide bonds. The molecular weight excluding hydrogens is 281 g/mol. The van der Waals surface area contributed by atoms with E-state index >= 15 is 0 Å². The number of aromatic nitrogens is 2. The largest absolute Gasteiger partial charge is 0.416 e. The molecule has 7 heteroatoms. The van der Waals surface area contributed by atoms with E-state index in [-0.39, 0.29) is 0 Å². The lowest BCUT2D eigenvalue weighted by Crippen LogP contribution is -2.07. The molecule has 0 aliphatic rings. The normalized spacial score (nSPS) is 11.2. The van der Waals surface area contributed by atoms with Gasteiger partial charge in [0.15, 0.2) is 0 Å². The Bertz CT molecular complexity index is 582. The van der Waals surface area contributed by atoms with Gasteiger partial charge in [0.2, 0.25) is 0 Å². The average Bonchev–Trinajstić information content (AvgIpc) is 2.45. The number of nitrogens with one attached hydrogen (secondary N) is 2. The Morgan fingerprint density at radius 2 is 1.62 bits per heavy atom. The van der Waals surface area contributed by atoms with Crippen molar-refractivity contribution in [2.24, 2.45) is 0 Å². The first-order valence-electron chi connectivity index (χ1n) is 6.45. The molecule has 0 aliphatic heterocycles. The third-order valence-corrected chi connectivity index (χ3v) is 2.75. The Hall–Kier alpha value is -2.31. The zero-order chi connectivity index (χ0) is 15.3. The lowest BCUT2D eigenvalue weighted by atomic mass is 10.1.